The van der Waals surface area contributed by atoms with Crippen LogP contribution in [-0.4, -0.2) is 59.4 Å². The zero-order chi connectivity index (χ0) is 29.0. The zero-order valence-corrected chi connectivity index (χ0v) is 25.0. The van der Waals surface area contributed by atoms with Crippen molar-refractivity contribution < 1.29 is 19.1 Å². The van der Waals surface area contributed by atoms with Gasteiger partial charge in [-0.3, -0.25) is 14.3 Å². The first-order chi connectivity index (χ1) is 18.7. The van der Waals surface area contributed by atoms with Crippen LogP contribution in [0.25, 0.3) is 22.2 Å². The molecule has 5 rings (SSSR count). The lowest BCUT2D eigenvalue weighted by atomic mass is 9.80. The van der Waals surface area contributed by atoms with Gasteiger partial charge >= 0.3 is 12.2 Å². The van der Waals surface area contributed by atoms with Gasteiger partial charge in [0.2, 0.25) is 0 Å². The number of carbonyl (C=O) groups excluding carboxylic acids is 2. The monoisotopic (exact) mass is 550 g/mol. The van der Waals surface area contributed by atoms with E-state index in [1.807, 2.05) is 16.9 Å². The molecule has 3 aromatic heterocycles. The van der Waals surface area contributed by atoms with Crippen LogP contribution in [0.3, 0.4) is 0 Å². The Bertz CT molecular complexity index is 1370. The molecule has 0 N–H and O–H groups in total. The van der Waals surface area contributed by atoms with Gasteiger partial charge in [-0.15, -0.1) is 0 Å². The van der Waals surface area contributed by atoms with Gasteiger partial charge < -0.3 is 9.47 Å². The number of aromatic nitrogens is 5. The molecule has 2 aliphatic carbocycles. The molecule has 216 valence electrons. The highest BCUT2D eigenvalue weighted by molar-refractivity contribution is 5.91. The van der Waals surface area contributed by atoms with Gasteiger partial charge in [0.05, 0.1) is 11.7 Å². The van der Waals surface area contributed by atoms with E-state index in [0.717, 1.165) is 58.4 Å². The number of amides is 2. The molecule has 3 heterocycles. The smallest absolute Gasteiger partial charge is 0.419 e. The molecule has 0 radical (unpaired) electrons. The number of nitrogens with zero attached hydrogens (tertiary/aromatic N) is 6. The fourth-order valence-corrected chi connectivity index (χ4v) is 5.04. The van der Waals surface area contributed by atoms with Crippen LogP contribution in [0.2, 0.25) is 0 Å². The second-order valence-electron chi connectivity index (χ2n) is 13.5. The Morgan fingerprint density at radius 2 is 1.62 bits per heavy atom. The highest BCUT2D eigenvalue weighted by Crippen LogP contribution is 2.46. The first-order valence-corrected chi connectivity index (χ1v) is 14.4. The minimum Gasteiger partial charge on any atom is -0.443 e. The Morgan fingerprint density at radius 3 is 2.17 bits per heavy atom. The highest BCUT2D eigenvalue weighted by Gasteiger charge is 2.40. The molecule has 2 saturated carbocycles. The molecule has 0 spiro atoms. The zero-order valence-electron chi connectivity index (χ0n) is 25.0. The molecule has 0 atom stereocenters. The summed E-state index contributed by atoms with van der Waals surface area (Å²) in [6.45, 7) is 15.2. The van der Waals surface area contributed by atoms with E-state index in [1.54, 1.807) is 41.5 Å². The Hall–Kier alpha value is -3.43. The molecule has 0 aromatic carbocycles. The molecule has 0 saturated heterocycles. The Balaban J connectivity index is 1.34. The average Bonchev–Trinajstić information content (AvgIpc) is 3.39. The van der Waals surface area contributed by atoms with Crippen LogP contribution in [0.1, 0.15) is 105 Å². The SMILES string of the molecule is CC(C)n1cc2ccnc(-c3cn(C4CC(CN(C(=O)OC(C)(C)C)C(=O)OC(C)(C)C)C4)nc3C3CC3)c2n1. The first-order valence-electron chi connectivity index (χ1n) is 14.4. The van der Waals surface area contributed by atoms with Gasteiger partial charge in [-0.2, -0.15) is 10.2 Å². The topological polar surface area (TPSA) is 104 Å². The molecule has 0 bridgehead atoms. The van der Waals surface area contributed by atoms with Crippen molar-refractivity contribution in [2.24, 2.45) is 5.92 Å². The second-order valence-corrected chi connectivity index (χ2v) is 13.5. The minimum atomic E-state index is -0.716. The van der Waals surface area contributed by atoms with Gasteiger partial charge in [0.15, 0.2) is 0 Å². The molecule has 2 amide bonds. The first kappa shape index (κ1) is 28.1. The van der Waals surface area contributed by atoms with Crippen molar-refractivity contribution in [2.45, 2.75) is 110 Å². The van der Waals surface area contributed by atoms with E-state index in [1.165, 1.54) is 0 Å². The van der Waals surface area contributed by atoms with E-state index >= 15 is 0 Å². The van der Waals surface area contributed by atoms with Crippen LogP contribution in [-0.2, 0) is 9.47 Å². The molecule has 10 nitrogen and oxygen atoms in total. The number of ether oxygens (including phenoxy) is 2. The maximum atomic E-state index is 12.9. The van der Waals surface area contributed by atoms with Crippen molar-refractivity contribution in [3.63, 3.8) is 0 Å². The maximum Gasteiger partial charge on any atom is 0.419 e. The standard InChI is InChI=1S/C30H42N6O4/c1-18(2)35-16-21-11-12-31-26(25(21)33-35)23-17-36(32-24(23)20-9-10-20)22-13-19(14-22)15-34(27(37)39-29(3,4)5)28(38)40-30(6,7)8/h11-12,16-20,22H,9-10,13-15H2,1-8H3. The van der Waals surface area contributed by atoms with Crippen molar-refractivity contribution in [3.05, 3.63) is 30.4 Å². The molecule has 2 aliphatic rings. The quantitative estimate of drug-likeness (QED) is 0.330. The summed E-state index contributed by atoms with van der Waals surface area (Å²) in [7, 11) is 0. The van der Waals surface area contributed by atoms with E-state index in [9.17, 15) is 9.59 Å². The van der Waals surface area contributed by atoms with E-state index in [0.29, 0.717) is 5.92 Å². The molecule has 0 unspecified atom stereocenters. The molecular weight excluding hydrogens is 508 g/mol. The molecule has 10 heteroatoms. The van der Waals surface area contributed by atoms with E-state index in [-0.39, 0.29) is 24.5 Å². The van der Waals surface area contributed by atoms with Crippen LogP contribution < -0.4 is 0 Å². The predicted molar refractivity (Wildman–Crippen MR) is 152 cm³/mol. The summed E-state index contributed by atoms with van der Waals surface area (Å²) in [4.78, 5) is 31.7. The van der Waals surface area contributed by atoms with Crippen molar-refractivity contribution in [1.29, 1.82) is 0 Å². The third-order valence-electron chi connectivity index (χ3n) is 7.20. The van der Waals surface area contributed by atoms with Gasteiger partial charge in [0.1, 0.15) is 22.4 Å². The third-order valence-corrected chi connectivity index (χ3v) is 7.20. The van der Waals surface area contributed by atoms with Crippen LogP contribution in [0, 0.1) is 5.92 Å². The average molecular weight is 551 g/mol. The van der Waals surface area contributed by atoms with Gasteiger partial charge in [-0.1, -0.05) is 0 Å². The lowest BCUT2D eigenvalue weighted by molar-refractivity contribution is -0.00641. The van der Waals surface area contributed by atoms with Gasteiger partial charge in [-0.05, 0) is 93.1 Å². The fraction of sp³-hybridized carbons (Fsp3) is 0.633. The van der Waals surface area contributed by atoms with E-state index in [2.05, 4.69) is 30.9 Å². The normalized spacial score (nSPS) is 19.5. The van der Waals surface area contributed by atoms with Crippen LogP contribution in [0.15, 0.2) is 24.7 Å². The molecule has 0 aliphatic heterocycles. The summed E-state index contributed by atoms with van der Waals surface area (Å²) >= 11 is 0. The van der Waals surface area contributed by atoms with Crippen molar-refractivity contribution in [3.8, 4) is 11.3 Å². The van der Waals surface area contributed by atoms with E-state index in [4.69, 9.17) is 24.7 Å². The summed E-state index contributed by atoms with van der Waals surface area (Å²) in [5.41, 5.74) is 2.48. The van der Waals surface area contributed by atoms with Gasteiger partial charge in [0, 0.05) is 48.0 Å². The summed E-state index contributed by atoms with van der Waals surface area (Å²) < 4.78 is 15.1. The van der Waals surface area contributed by atoms with Crippen LogP contribution in [0.5, 0.6) is 0 Å². The number of pyridine rings is 1. The molecule has 2 fully saturated rings. The van der Waals surface area contributed by atoms with Crippen LogP contribution >= 0.6 is 0 Å². The minimum absolute atomic E-state index is 0.130. The fourth-order valence-electron chi connectivity index (χ4n) is 5.04. The maximum absolute atomic E-state index is 12.9. The number of rotatable bonds is 6. The Labute approximate surface area is 236 Å². The predicted octanol–water partition coefficient (Wildman–Crippen LogP) is 6.88. The summed E-state index contributed by atoms with van der Waals surface area (Å²) in [6.07, 6.45) is 8.54. The number of carbonyl (C=O) groups is 2. The third kappa shape index (κ3) is 6.15. The summed E-state index contributed by atoms with van der Waals surface area (Å²) in [5, 5.41) is 11.0. The largest absolute Gasteiger partial charge is 0.443 e. The van der Waals surface area contributed by atoms with Gasteiger partial charge in [0.25, 0.3) is 0 Å². The van der Waals surface area contributed by atoms with Crippen molar-refractivity contribution in [2.75, 3.05) is 6.54 Å². The number of imide groups is 1. The van der Waals surface area contributed by atoms with Crippen LogP contribution in [0.4, 0.5) is 9.59 Å². The van der Waals surface area contributed by atoms with Crippen molar-refractivity contribution >= 4 is 23.1 Å². The highest BCUT2D eigenvalue weighted by atomic mass is 16.6. The second kappa shape index (κ2) is 10.2. The number of fused-ring (bicyclic) bond motifs is 1. The lowest BCUT2D eigenvalue weighted by Gasteiger charge is -2.38. The lowest BCUT2D eigenvalue weighted by Crippen LogP contribution is -2.47. The number of hydrogen-bond donors (Lipinski definition) is 0. The van der Waals surface area contributed by atoms with Gasteiger partial charge in [-0.25, -0.2) is 14.5 Å². The summed E-state index contributed by atoms with van der Waals surface area (Å²) in [5.74, 6) is 0.580. The molecule has 3 aromatic rings. The number of hydrogen-bond acceptors (Lipinski definition) is 7. The Kier molecular flexibility index (Phi) is 7.17. The Morgan fingerprint density at radius 1 is 1.00 bits per heavy atom. The van der Waals surface area contributed by atoms with Crippen molar-refractivity contribution in [1.82, 2.24) is 29.4 Å². The summed E-state index contributed by atoms with van der Waals surface area (Å²) in [6, 6.07) is 2.45. The molecular formula is C30H42N6O4. The van der Waals surface area contributed by atoms with E-state index < -0.39 is 23.4 Å². The molecule has 40 heavy (non-hydrogen) atoms.